The van der Waals surface area contributed by atoms with Gasteiger partial charge in [-0.3, -0.25) is 9.59 Å². The molecule has 1 unspecified atom stereocenters. The summed E-state index contributed by atoms with van der Waals surface area (Å²) in [5.74, 6) is -0.368. The van der Waals surface area contributed by atoms with E-state index in [-0.39, 0.29) is 24.5 Å². The van der Waals surface area contributed by atoms with Gasteiger partial charge in [0.05, 0.1) is 24.8 Å². The van der Waals surface area contributed by atoms with Crippen molar-refractivity contribution in [3.8, 4) is 11.5 Å². The zero-order valence-corrected chi connectivity index (χ0v) is 19.8. The van der Waals surface area contributed by atoms with E-state index in [0.717, 1.165) is 19.3 Å². The maximum Gasteiger partial charge on any atom is 0.295 e. The van der Waals surface area contributed by atoms with Crippen molar-refractivity contribution >= 4 is 17.4 Å². The van der Waals surface area contributed by atoms with Gasteiger partial charge in [-0.2, -0.15) is 0 Å². The van der Waals surface area contributed by atoms with Crippen molar-refractivity contribution in [3.63, 3.8) is 0 Å². The first-order valence-corrected chi connectivity index (χ1v) is 11.9. The molecule has 34 heavy (non-hydrogen) atoms. The fourth-order valence-corrected chi connectivity index (χ4v) is 4.04. The van der Waals surface area contributed by atoms with Crippen molar-refractivity contribution in [3.05, 3.63) is 65.2 Å². The highest BCUT2D eigenvalue weighted by Crippen LogP contribution is 2.40. The van der Waals surface area contributed by atoms with Crippen LogP contribution in [0.1, 0.15) is 56.7 Å². The number of ether oxygens (including phenoxy) is 2. The summed E-state index contributed by atoms with van der Waals surface area (Å²) in [4.78, 5) is 27.4. The Kier molecular flexibility index (Phi) is 9.10. The van der Waals surface area contributed by atoms with Crippen molar-refractivity contribution in [2.75, 3.05) is 26.4 Å². The molecule has 7 nitrogen and oxygen atoms in total. The Morgan fingerprint density at radius 1 is 0.941 bits per heavy atom. The maximum atomic E-state index is 13.0. The number of aliphatic hydroxyl groups excluding tert-OH is 2. The number of carbonyl (C=O) groups is 2. The van der Waals surface area contributed by atoms with Crippen molar-refractivity contribution in [1.29, 1.82) is 0 Å². The average molecular weight is 468 g/mol. The Labute approximate surface area is 200 Å². The molecular formula is C27H33NO6. The third-order valence-corrected chi connectivity index (χ3v) is 5.68. The zero-order valence-electron chi connectivity index (χ0n) is 19.8. The van der Waals surface area contributed by atoms with Crippen LogP contribution >= 0.6 is 0 Å². The summed E-state index contributed by atoms with van der Waals surface area (Å²) in [6, 6.07) is 13.2. The molecule has 182 valence electrons. The molecule has 3 rings (SSSR count). The van der Waals surface area contributed by atoms with Crippen molar-refractivity contribution < 1.29 is 29.3 Å². The number of benzene rings is 2. The second-order valence-corrected chi connectivity index (χ2v) is 8.22. The van der Waals surface area contributed by atoms with Gasteiger partial charge in [0.2, 0.25) is 0 Å². The molecule has 7 heteroatoms. The Morgan fingerprint density at radius 2 is 1.68 bits per heavy atom. The van der Waals surface area contributed by atoms with Crippen LogP contribution in [0.25, 0.3) is 5.76 Å². The van der Waals surface area contributed by atoms with E-state index >= 15 is 0 Å². The van der Waals surface area contributed by atoms with Gasteiger partial charge < -0.3 is 24.6 Å². The first-order valence-electron chi connectivity index (χ1n) is 11.9. The average Bonchev–Trinajstić information content (AvgIpc) is 3.11. The highest BCUT2D eigenvalue weighted by molar-refractivity contribution is 6.46. The molecule has 0 bridgehead atoms. The van der Waals surface area contributed by atoms with E-state index < -0.39 is 17.7 Å². The smallest absolute Gasteiger partial charge is 0.295 e. The van der Waals surface area contributed by atoms with Gasteiger partial charge in [0.15, 0.2) is 0 Å². The highest BCUT2D eigenvalue weighted by Gasteiger charge is 2.45. The second-order valence-electron chi connectivity index (χ2n) is 8.22. The van der Waals surface area contributed by atoms with E-state index in [1.54, 1.807) is 48.5 Å². The highest BCUT2D eigenvalue weighted by atomic mass is 16.5. The summed E-state index contributed by atoms with van der Waals surface area (Å²) < 4.78 is 11.2. The molecule has 2 aromatic rings. The van der Waals surface area contributed by atoms with Crippen LogP contribution in [0.5, 0.6) is 11.5 Å². The number of hydrogen-bond donors (Lipinski definition) is 2. The largest absolute Gasteiger partial charge is 0.507 e. The summed E-state index contributed by atoms with van der Waals surface area (Å²) in [7, 11) is 0. The minimum absolute atomic E-state index is 0.0503. The number of aliphatic hydroxyl groups is 2. The lowest BCUT2D eigenvalue weighted by atomic mass is 9.95. The van der Waals surface area contributed by atoms with Gasteiger partial charge in [-0.1, -0.05) is 38.8 Å². The van der Waals surface area contributed by atoms with Gasteiger partial charge in [-0.25, -0.2) is 0 Å². The fraction of sp³-hybridized carbons (Fsp3) is 0.407. The molecule has 0 radical (unpaired) electrons. The number of likely N-dealkylation sites (tertiary alicyclic amines) is 1. The number of unbranched alkanes of at least 4 members (excludes halogenated alkanes) is 2. The number of Topliss-reactive ketones (excluding diaryl/α,β-unsaturated/α-hetero) is 1. The molecule has 1 amide bonds. The Morgan fingerprint density at radius 3 is 2.35 bits per heavy atom. The topological polar surface area (TPSA) is 96.3 Å². The molecule has 1 aliphatic rings. The van der Waals surface area contributed by atoms with Gasteiger partial charge >= 0.3 is 0 Å². The quantitative estimate of drug-likeness (QED) is 0.207. The summed E-state index contributed by atoms with van der Waals surface area (Å²) >= 11 is 0. The molecule has 1 fully saturated rings. The molecule has 1 saturated heterocycles. The Hall–Kier alpha value is -3.32. The molecule has 2 aromatic carbocycles. The SMILES string of the molecule is CCCCCOc1ccc(/C(O)=C2/C(=O)C(=O)N(CCC)C2c2cccc(OCCO)c2)cc1. The predicted octanol–water partition coefficient (Wildman–Crippen LogP) is 4.46. The first kappa shape index (κ1) is 25.3. The Bertz CT molecular complexity index is 1010. The molecular weight excluding hydrogens is 434 g/mol. The Balaban J connectivity index is 1.96. The minimum Gasteiger partial charge on any atom is -0.507 e. The van der Waals surface area contributed by atoms with Crippen molar-refractivity contribution in [1.82, 2.24) is 4.90 Å². The standard InChI is InChI=1S/C27H33NO6/c1-3-5-6-16-33-21-12-10-19(11-13-21)25(30)23-24(28(14-4-2)27(32)26(23)31)20-8-7-9-22(18-20)34-17-15-29/h7-13,18,24,29-30H,3-6,14-17H2,1-2H3/b25-23-. The van der Waals surface area contributed by atoms with E-state index in [0.29, 0.717) is 42.2 Å². The monoisotopic (exact) mass is 467 g/mol. The van der Waals surface area contributed by atoms with E-state index in [1.807, 2.05) is 6.92 Å². The maximum absolute atomic E-state index is 13.0. The number of amides is 1. The molecule has 1 heterocycles. The number of nitrogens with zero attached hydrogens (tertiary/aromatic N) is 1. The predicted molar refractivity (Wildman–Crippen MR) is 130 cm³/mol. The van der Waals surface area contributed by atoms with Gasteiger partial charge in [0.1, 0.15) is 23.9 Å². The lowest BCUT2D eigenvalue weighted by Gasteiger charge is -2.25. The first-order chi connectivity index (χ1) is 16.5. The summed E-state index contributed by atoms with van der Waals surface area (Å²) in [6.07, 6.45) is 3.85. The number of rotatable bonds is 12. The molecule has 0 aromatic heterocycles. The van der Waals surface area contributed by atoms with Crippen LogP contribution in [-0.4, -0.2) is 53.2 Å². The van der Waals surface area contributed by atoms with Crippen LogP contribution in [0.4, 0.5) is 0 Å². The van der Waals surface area contributed by atoms with Gasteiger partial charge in [-0.15, -0.1) is 0 Å². The van der Waals surface area contributed by atoms with Gasteiger partial charge in [0, 0.05) is 12.1 Å². The summed E-state index contributed by atoms with van der Waals surface area (Å²) in [5.41, 5.74) is 1.14. The van der Waals surface area contributed by atoms with Crippen LogP contribution in [0, 0.1) is 0 Å². The van der Waals surface area contributed by atoms with Crippen LogP contribution in [0.2, 0.25) is 0 Å². The van der Waals surface area contributed by atoms with Gasteiger partial charge in [-0.05, 0) is 54.8 Å². The molecule has 0 saturated carbocycles. The lowest BCUT2D eigenvalue weighted by molar-refractivity contribution is -0.139. The van der Waals surface area contributed by atoms with Crippen LogP contribution in [0.15, 0.2) is 54.1 Å². The third-order valence-electron chi connectivity index (χ3n) is 5.68. The molecule has 0 aliphatic carbocycles. The molecule has 1 atom stereocenters. The number of ketones is 1. The van der Waals surface area contributed by atoms with Crippen LogP contribution < -0.4 is 9.47 Å². The number of hydrogen-bond acceptors (Lipinski definition) is 6. The zero-order chi connectivity index (χ0) is 24.5. The molecule has 0 spiro atoms. The van der Waals surface area contributed by atoms with E-state index in [1.165, 1.54) is 4.90 Å². The van der Waals surface area contributed by atoms with E-state index in [9.17, 15) is 14.7 Å². The second kappa shape index (κ2) is 12.2. The van der Waals surface area contributed by atoms with E-state index in [4.69, 9.17) is 14.6 Å². The summed E-state index contributed by atoms with van der Waals surface area (Å²) in [6.45, 7) is 5.06. The number of carbonyl (C=O) groups excluding carboxylic acids is 2. The van der Waals surface area contributed by atoms with Crippen LogP contribution in [-0.2, 0) is 9.59 Å². The van der Waals surface area contributed by atoms with Crippen molar-refractivity contribution in [2.45, 2.75) is 45.6 Å². The van der Waals surface area contributed by atoms with Crippen LogP contribution in [0.3, 0.4) is 0 Å². The van der Waals surface area contributed by atoms with Crippen molar-refractivity contribution in [2.24, 2.45) is 0 Å². The minimum atomic E-state index is -0.734. The molecule has 2 N–H and O–H groups in total. The fourth-order valence-electron chi connectivity index (χ4n) is 4.04. The summed E-state index contributed by atoms with van der Waals surface area (Å²) in [5, 5.41) is 20.2. The normalized spacial score (nSPS) is 17.3. The third kappa shape index (κ3) is 5.78. The molecule has 1 aliphatic heterocycles. The van der Waals surface area contributed by atoms with Gasteiger partial charge in [0.25, 0.3) is 11.7 Å². The lowest BCUT2D eigenvalue weighted by Crippen LogP contribution is -2.30. The van der Waals surface area contributed by atoms with E-state index in [2.05, 4.69) is 6.92 Å².